The molecular weight excluding hydrogens is 166 g/mol. The van der Waals surface area contributed by atoms with Crippen LogP contribution in [0.25, 0.3) is 0 Å². The Bertz CT molecular complexity index is 223. The fourth-order valence-electron chi connectivity index (χ4n) is 2.63. The smallest absolute Gasteiger partial charge is 0.306 e. The summed E-state index contributed by atoms with van der Waals surface area (Å²) in [5, 5.41) is 9.04. The zero-order valence-electron chi connectivity index (χ0n) is 7.83. The van der Waals surface area contributed by atoms with Crippen LogP contribution in [0.1, 0.15) is 38.5 Å². The maximum absolute atomic E-state index is 11.0. The minimum absolute atomic E-state index is 0.108. The molecule has 2 saturated carbocycles. The number of nitrogens with two attached hydrogens (primary N) is 1. The average Bonchev–Trinajstić information content (AvgIpc) is 2.85. The third-order valence-electron chi connectivity index (χ3n) is 3.65. The first-order chi connectivity index (χ1) is 6.13. The van der Waals surface area contributed by atoms with Crippen molar-refractivity contribution in [2.45, 2.75) is 44.1 Å². The van der Waals surface area contributed by atoms with Gasteiger partial charge in [0.2, 0.25) is 0 Å². The predicted octanol–water partition coefficient (Wildman–Crippen LogP) is 1.37. The molecule has 2 atom stereocenters. The van der Waals surface area contributed by atoms with Gasteiger partial charge in [-0.2, -0.15) is 0 Å². The van der Waals surface area contributed by atoms with Crippen molar-refractivity contribution in [3.63, 3.8) is 0 Å². The molecule has 0 bridgehead atoms. The lowest BCUT2D eigenvalue weighted by Crippen LogP contribution is -2.42. The van der Waals surface area contributed by atoms with Crippen molar-refractivity contribution in [1.29, 1.82) is 0 Å². The molecular formula is C10H17NO2. The van der Waals surface area contributed by atoms with Crippen LogP contribution in [0.2, 0.25) is 0 Å². The van der Waals surface area contributed by atoms with E-state index < -0.39 is 5.97 Å². The van der Waals surface area contributed by atoms with Gasteiger partial charge in [0.1, 0.15) is 0 Å². The van der Waals surface area contributed by atoms with Crippen molar-refractivity contribution in [3.8, 4) is 0 Å². The Hall–Kier alpha value is -0.570. The van der Waals surface area contributed by atoms with Crippen LogP contribution in [0.15, 0.2) is 0 Å². The van der Waals surface area contributed by atoms with Gasteiger partial charge in [-0.25, -0.2) is 0 Å². The number of carboxylic acid groups (broad SMARTS) is 1. The van der Waals surface area contributed by atoms with Gasteiger partial charge in [0, 0.05) is 5.54 Å². The second-order valence-electron chi connectivity index (χ2n) is 4.57. The number of hydrogen-bond acceptors (Lipinski definition) is 2. The van der Waals surface area contributed by atoms with E-state index in [1.807, 2.05) is 0 Å². The van der Waals surface area contributed by atoms with E-state index in [1.54, 1.807) is 0 Å². The van der Waals surface area contributed by atoms with Gasteiger partial charge >= 0.3 is 5.97 Å². The van der Waals surface area contributed by atoms with Crippen molar-refractivity contribution in [3.05, 3.63) is 0 Å². The summed E-state index contributed by atoms with van der Waals surface area (Å²) < 4.78 is 0. The molecule has 2 fully saturated rings. The summed E-state index contributed by atoms with van der Waals surface area (Å²) in [5.41, 5.74) is 5.98. The van der Waals surface area contributed by atoms with E-state index in [2.05, 4.69) is 0 Å². The van der Waals surface area contributed by atoms with Crippen LogP contribution < -0.4 is 5.73 Å². The zero-order chi connectivity index (χ0) is 9.47. The van der Waals surface area contributed by atoms with E-state index in [0.29, 0.717) is 0 Å². The largest absolute Gasteiger partial charge is 0.481 e. The summed E-state index contributed by atoms with van der Waals surface area (Å²) in [6, 6.07) is 0. The molecule has 0 aromatic carbocycles. The molecule has 0 radical (unpaired) electrons. The SMILES string of the molecule is NC1(C2CCCC[C@H]2C(=O)O)CC1. The second kappa shape index (κ2) is 2.98. The lowest BCUT2D eigenvalue weighted by molar-refractivity contribution is -0.145. The van der Waals surface area contributed by atoms with Gasteiger partial charge in [0.15, 0.2) is 0 Å². The van der Waals surface area contributed by atoms with Crippen molar-refractivity contribution < 1.29 is 9.90 Å². The molecule has 0 heterocycles. The predicted molar refractivity (Wildman–Crippen MR) is 49.2 cm³/mol. The third-order valence-corrected chi connectivity index (χ3v) is 3.65. The highest BCUT2D eigenvalue weighted by atomic mass is 16.4. The Morgan fingerprint density at radius 1 is 1.31 bits per heavy atom. The number of rotatable bonds is 2. The van der Waals surface area contributed by atoms with Crippen LogP contribution in [-0.4, -0.2) is 16.6 Å². The van der Waals surface area contributed by atoms with Gasteiger partial charge in [-0.15, -0.1) is 0 Å². The molecule has 2 aliphatic rings. The van der Waals surface area contributed by atoms with E-state index in [9.17, 15) is 4.79 Å². The second-order valence-corrected chi connectivity index (χ2v) is 4.57. The quantitative estimate of drug-likeness (QED) is 0.679. The maximum Gasteiger partial charge on any atom is 0.306 e. The Balaban J connectivity index is 2.09. The first-order valence-electron chi connectivity index (χ1n) is 5.15. The summed E-state index contributed by atoms with van der Waals surface area (Å²) in [6.07, 6.45) is 6.13. The third kappa shape index (κ3) is 1.57. The Morgan fingerprint density at radius 2 is 1.92 bits per heavy atom. The van der Waals surface area contributed by atoms with Gasteiger partial charge in [0.05, 0.1) is 5.92 Å². The van der Waals surface area contributed by atoms with E-state index in [-0.39, 0.29) is 17.4 Å². The first kappa shape index (κ1) is 9.00. The fraction of sp³-hybridized carbons (Fsp3) is 0.900. The molecule has 13 heavy (non-hydrogen) atoms. The first-order valence-corrected chi connectivity index (χ1v) is 5.15. The molecule has 0 amide bonds. The van der Waals surface area contributed by atoms with Gasteiger partial charge in [-0.05, 0) is 31.6 Å². The molecule has 0 aliphatic heterocycles. The Morgan fingerprint density at radius 3 is 2.46 bits per heavy atom. The van der Waals surface area contributed by atoms with Crippen molar-refractivity contribution >= 4 is 5.97 Å². The Kier molecular flexibility index (Phi) is 2.06. The fourth-order valence-corrected chi connectivity index (χ4v) is 2.63. The molecule has 2 rings (SSSR count). The van der Waals surface area contributed by atoms with Crippen LogP contribution in [0.5, 0.6) is 0 Å². The Labute approximate surface area is 78.3 Å². The van der Waals surface area contributed by atoms with Crippen molar-refractivity contribution in [2.24, 2.45) is 17.6 Å². The van der Waals surface area contributed by atoms with Crippen LogP contribution in [0.3, 0.4) is 0 Å². The molecule has 0 aromatic heterocycles. The summed E-state index contributed by atoms with van der Waals surface area (Å²) in [6.45, 7) is 0. The molecule has 0 spiro atoms. The highest BCUT2D eigenvalue weighted by molar-refractivity contribution is 5.70. The summed E-state index contributed by atoms with van der Waals surface area (Å²) >= 11 is 0. The number of aliphatic carboxylic acids is 1. The van der Waals surface area contributed by atoms with Gasteiger partial charge in [-0.1, -0.05) is 12.8 Å². The summed E-state index contributed by atoms with van der Waals surface area (Å²) in [4.78, 5) is 11.0. The van der Waals surface area contributed by atoms with E-state index >= 15 is 0 Å². The highest BCUT2D eigenvalue weighted by Gasteiger charge is 2.50. The number of carbonyl (C=O) groups is 1. The minimum atomic E-state index is -0.638. The lowest BCUT2D eigenvalue weighted by atomic mass is 9.74. The summed E-state index contributed by atoms with van der Waals surface area (Å²) in [7, 11) is 0. The highest BCUT2D eigenvalue weighted by Crippen LogP contribution is 2.48. The molecule has 74 valence electrons. The zero-order valence-corrected chi connectivity index (χ0v) is 7.83. The minimum Gasteiger partial charge on any atom is -0.481 e. The van der Waals surface area contributed by atoms with E-state index in [1.165, 1.54) is 0 Å². The molecule has 3 nitrogen and oxygen atoms in total. The van der Waals surface area contributed by atoms with Gasteiger partial charge < -0.3 is 10.8 Å². The van der Waals surface area contributed by atoms with Gasteiger partial charge in [-0.3, -0.25) is 4.79 Å². The van der Waals surface area contributed by atoms with Crippen LogP contribution in [0, 0.1) is 11.8 Å². The molecule has 0 saturated heterocycles. The number of hydrogen-bond donors (Lipinski definition) is 2. The monoisotopic (exact) mass is 183 g/mol. The topological polar surface area (TPSA) is 63.3 Å². The van der Waals surface area contributed by atoms with E-state index in [0.717, 1.165) is 38.5 Å². The van der Waals surface area contributed by atoms with E-state index in [4.69, 9.17) is 10.8 Å². The standard InChI is InChI=1S/C10H17NO2/c11-10(5-6-10)8-4-2-1-3-7(8)9(12)13/h7-8H,1-6,11H2,(H,12,13)/t7-,8?/m1/s1. The lowest BCUT2D eigenvalue weighted by Gasteiger charge is -2.33. The normalized spacial score (nSPS) is 37.0. The molecule has 2 aliphatic carbocycles. The maximum atomic E-state index is 11.0. The van der Waals surface area contributed by atoms with Crippen molar-refractivity contribution in [2.75, 3.05) is 0 Å². The molecule has 3 N–H and O–H groups in total. The van der Waals surface area contributed by atoms with Crippen LogP contribution in [-0.2, 0) is 4.79 Å². The molecule has 3 heteroatoms. The van der Waals surface area contributed by atoms with Gasteiger partial charge in [0.25, 0.3) is 0 Å². The summed E-state index contributed by atoms with van der Waals surface area (Å²) in [5.74, 6) is -0.554. The molecule has 0 aromatic rings. The van der Waals surface area contributed by atoms with Crippen LogP contribution >= 0.6 is 0 Å². The average molecular weight is 183 g/mol. The molecule has 1 unspecified atom stereocenters. The van der Waals surface area contributed by atoms with Crippen LogP contribution in [0.4, 0.5) is 0 Å². The number of carboxylic acids is 1. The van der Waals surface area contributed by atoms with Crippen molar-refractivity contribution in [1.82, 2.24) is 0 Å².